The molecule has 1 aromatic heterocycles. The Balaban J connectivity index is 2.88. The van der Waals surface area contributed by atoms with Crippen molar-refractivity contribution >= 4 is 17.9 Å². The molecule has 0 saturated heterocycles. The summed E-state index contributed by atoms with van der Waals surface area (Å²) in [5.41, 5.74) is 0.908. The van der Waals surface area contributed by atoms with E-state index in [1.54, 1.807) is 20.9 Å². The Morgan fingerprint density at radius 1 is 1.19 bits per heavy atom. The third-order valence-electron chi connectivity index (χ3n) is 4.25. The molecule has 0 unspecified atom stereocenters. The third-order valence-corrected chi connectivity index (χ3v) is 4.25. The van der Waals surface area contributed by atoms with Crippen LogP contribution in [0.5, 0.6) is 0 Å². The van der Waals surface area contributed by atoms with Gasteiger partial charge in [-0.1, -0.05) is 20.8 Å². The summed E-state index contributed by atoms with van der Waals surface area (Å²) in [6.45, 7) is 9.43. The Kier molecular flexibility index (Phi) is 5.16. The van der Waals surface area contributed by atoms with E-state index >= 15 is 0 Å². The summed E-state index contributed by atoms with van der Waals surface area (Å²) >= 11 is 0. The standard InChI is InChI=1S/C20H24N2O4/c1-11(7-8-23)14-16(21-6)19(26)17-15(18(14)25)12(2)9-13(24)22(17)10-20(3,4)5/h7-9,21H,10H2,1-6H3/b11-7-. The van der Waals surface area contributed by atoms with Crippen LogP contribution in [0.4, 0.5) is 0 Å². The predicted octanol–water partition coefficient (Wildman–Crippen LogP) is 2.20. The number of Topliss-reactive ketones (excluding diaryl/α,β-unsaturated/α-hetero) is 2. The van der Waals surface area contributed by atoms with Crippen molar-refractivity contribution in [1.29, 1.82) is 0 Å². The summed E-state index contributed by atoms with van der Waals surface area (Å²) in [7, 11) is 1.54. The summed E-state index contributed by atoms with van der Waals surface area (Å²) in [6, 6.07) is 1.39. The minimum atomic E-state index is -0.416. The van der Waals surface area contributed by atoms with Crippen molar-refractivity contribution in [2.45, 2.75) is 41.2 Å². The van der Waals surface area contributed by atoms with Crippen LogP contribution < -0.4 is 10.9 Å². The number of aromatic nitrogens is 1. The van der Waals surface area contributed by atoms with E-state index in [-0.39, 0.29) is 39.3 Å². The lowest BCUT2D eigenvalue weighted by Gasteiger charge is -2.28. The third kappa shape index (κ3) is 3.31. The molecule has 2 rings (SSSR count). The molecule has 138 valence electrons. The van der Waals surface area contributed by atoms with Crippen molar-refractivity contribution in [2.24, 2.45) is 5.41 Å². The smallest absolute Gasteiger partial charge is 0.251 e. The number of nitrogens with one attached hydrogen (secondary N) is 1. The normalized spacial score (nSPS) is 15.2. The molecule has 0 fully saturated rings. The second-order valence-corrected chi connectivity index (χ2v) is 7.68. The molecule has 26 heavy (non-hydrogen) atoms. The average Bonchev–Trinajstić information content (AvgIpc) is 2.51. The van der Waals surface area contributed by atoms with Gasteiger partial charge in [-0.2, -0.15) is 0 Å². The minimum Gasteiger partial charge on any atom is -0.384 e. The second kappa shape index (κ2) is 6.86. The Morgan fingerprint density at radius 2 is 1.81 bits per heavy atom. The van der Waals surface area contributed by atoms with Crippen LogP contribution in [0.15, 0.2) is 33.8 Å². The summed E-state index contributed by atoms with van der Waals surface area (Å²) in [5.74, 6) is -0.777. The van der Waals surface area contributed by atoms with Gasteiger partial charge in [0, 0.05) is 19.7 Å². The number of likely N-dealkylation sites (N-methyl/N-ethyl adjacent to an activating group) is 1. The number of carbonyl (C=O) groups excluding carboxylic acids is 3. The van der Waals surface area contributed by atoms with E-state index in [1.807, 2.05) is 20.8 Å². The van der Waals surface area contributed by atoms with Crippen molar-refractivity contribution in [3.8, 4) is 0 Å². The molecule has 0 aromatic carbocycles. The van der Waals surface area contributed by atoms with Crippen LogP contribution >= 0.6 is 0 Å². The molecule has 0 radical (unpaired) electrons. The highest BCUT2D eigenvalue weighted by atomic mass is 16.2. The number of hydrogen-bond donors (Lipinski definition) is 1. The maximum atomic E-state index is 13.2. The Morgan fingerprint density at radius 3 is 2.31 bits per heavy atom. The van der Waals surface area contributed by atoms with Gasteiger partial charge >= 0.3 is 0 Å². The molecule has 1 aliphatic carbocycles. The highest BCUT2D eigenvalue weighted by Gasteiger charge is 2.37. The van der Waals surface area contributed by atoms with E-state index in [9.17, 15) is 19.2 Å². The molecule has 6 heteroatoms. The van der Waals surface area contributed by atoms with Crippen LogP contribution in [0.2, 0.25) is 0 Å². The summed E-state index contributed by atoms with van der Waals surface area (Å²) < 4.78 is 1.38. The van der Waals surface area contributed by atoms with Crippen LogP contribution in [0.3, 0.4) is 0 Å². The molecule has 0 amide bonds. The van der Waals surface area contributed by atoms with Gasteiger partial charge in [-0.05, 0) is 36.5 Å². The van der Waals surface area contributed by atoms with Gasteiger partial charge in [0.1, 0.15) is 12.0 Å². The lowest BCUT2D eigenvalue weighted by Crippen LogP contribution is -2.39. The predicted molar refractivity (Wildman–Crippen MR) is 99.5 cm³/mol. The second-order valence-electron chi connectivity index (χ2n) is 7.68. The van der Waals surface area contributed by atoms with E-state index in [4.69, 9.17) is 0 Å². The number of carbonyl (C=O) groups is 3. The zero-order chi connectivity index (χ0) is 19.8. The first-order valence-corrected chi connectivity index (χ1v) is 8.41. The van der Waals surface area contributed by atoms with Crippen molar-refractivity contribution in [1.82, 2.24) is 9.88 Å². The number of ketones is 2. The van der Waals surface area contributed by atoms with Gasteiger partial charge in [0.2, 0.25) is 5.78 Å². The SMILES string of the molecule is CNC1=C(/C(C)=C\C=O)C(=O)c2c(C)cc(=O)n(CC(C)(C)C)c2C1=O. The van der Waals surface area contributed by atoms with Gasteiger partial charge in [0.15, 0.2) is 5.78 Å². The summed E-state index contributed by atoms with van der Waals surface area (Å²) in [4.78, 5) is 49.8. The molecule has 1 aliphatic rings. The highest BCUT2D eigenvalue weighted by molar-refractivity contribution is 6.28. The van der Waals surface area contributed by atoms with Crippen molar-refractivity contribution in [3.05, 3.63) is 56.2 Å². The number of nitrogens with zero attached hydrogens (tertiary/aromatic N) is 1. The molecule has 1 heterocycles. The molecule has 0 bridgehead atoms. The fourth-order valence-electron chi connectivity index (χ4n) is 3.19. The summed E-state index contributed by atoms with van der Waals surface area (Å²) in [6.07, 6.45) is 1.83. The molecule has 6 nitrogen and oxygen atoms in total. The lowest BCUT2D eigenvalue weighted by molar-refractivity contribution is -0.104. The largest absolute Gasteiger partial charge is 0.384 e. The van der Waals surface area contributed by atoms with Gasteiger partial charge in [-0.25, -0.2) is 0 Å². The Hall–Kier alpha value is -2.76. The fourth-order valence-corrected chi connectivity index (χ4v) is 3.19. The minimum absolute atomic E-state index is 0.103. The number of rotatable bonds is 4. The fraction of sp³-hybridized carbons (Fsp3) is 0.400. The van der Waals surface area contributed by atoms with Crippen LogP contribution in [0.25, 0.3) is 0 Å². The van der Waals surface area contributed by atoms with Crippen LogP contribution in [0, 0.1) is 12.3 Å². The van der Waals surface area contributed by atoms with E-state index in [2.05, 4.69) is 5.32 Å². The maximum absolute atomic E-state index is 13.2. The summed E-state index contributed by atoms with van der Waals surface area (Å²) in [5, 5.41) is 2.78. The molecule has 1 N–H and O–H groups in total. The van der Waals surface area contributed by atoms with Crippen molar-refractivity contribution < 1.29 is 14.4 Å². The van der Waals surface area contributed by atoms with E-state index in [1.165, 1.54) is 16.7 Å². The zero-order valence-electron chi connectivity index (χ0n) is 16.0. The molecule has 0 spiro atoms. The number of aldehydes is 1. The van der Waals surface area contributed by atoms with Crippen LogP contribution in [-0.2, 0) is 11.3 Å². The van der Waals surface area contributed by atoms with Gasteiger partial charge in [0.25, 0.3) is 5.56 Å². The average molecular weight is 356 g/mol. The van der Waals surface area contributed by atoms with E-state index < -0.39 is 5.78 Å². The number of pyridine rings is 1. The van der Waals surface area contributed by atoms with Crippen molar-refractivity contribution in [3.63, 3.8) is 0 Å². The first-order valence-electron chi connectivity index (χ1n) is 8.41. The maximum Gasteiger partial charge on any atom is 0.251 e. The number of hydrogen-bond acceptors (Lipinski definition) is 5. The topological polar surface area (TPSA) is 85.2 Å². The molecule has 1 aromatic rings. The van der Waals surface area contributed by atoms with Gasteiger partial charge in [-0.15, -0.1) is 0 Å². The quantitative estimate of drug-likeness (QED) is 0.660. The Labute approximate surface area is 152 Å². The highest BCUT2D eigenvalue weighted by Crippen LogP contribution is 2.31. The molecular formula is C20H24N2O4. The number of allylic oxidation sites excluding steroid dienone is 4. The first-order chi connectivity index (χ1) is 12.0. The van der Waals surface area contributed by atoms with Gasteiger partial charge in [-0.3, -0.25) is 19.2 Å². The van der Waals surface area contributed by atoms with E-state index in [0.717, 1.165) is 0 Å². The van der Waals surface area contributed by atoms with Crippen LogP contribution in [0.1, 0.15) is 54.1 Å². The van der Waals surface area contributed by atoms with Gasteiger partial charge < -0.3 is 9.88 Å². The zero-order valence-corrected chi connectivity index (χ0v) is 16.0. The van der Waals surface area contributed by atoms with Crippen LogP contribution in [-0.4, -0.2) is 29.5 Å². The van der Waals surface area contributed by atoms with E-state index in [0.29, 0.717) is 24.0 Å². The van der Waals surface area contributed by atoms with Crippen molar-refractivity contribution in [2.75, 3.05) is 7.05 Å². The molecule has 0 saturated carbocycles. The Bertz CT molecular complexity index is 924. The molecule has 0 aliphatic heterocycles. The van der Waals surface area contributed by atoms with Gasteiger partial charge in [0.05, 0.1) is 16.8 Å². The molecular weight excluding hydrogens is 332 g/mol. The number of aryl methyl sites for hydroxylation is 1. The first kappa shape index (κ1) is 19.6. The lowest BCUT2D eigenvalue weighted by atomic mass is 9.84. The molecule has 0 atom stereocenters. The number of fused-ring (bicyclic) bond motifs is 1. The monoisotopic (exact) mass is 356 g/mol.